The summed E-state index contributed by atoms with van der Waals surface area (Å²) in [6.07, 6.45) is 0.118. The second-order valence-corrected chi connectivity index (χ2v) is 6.38. The van der Waals surface area contributed by atoms with Crippen LogP contribution >= 0.6 is 0 Å². The number of para-hydroxylation sites is 1. The smallest absolute Gasteiger partial charge is 0.304 e. The third-order valence-electron chi connectivity index (χ3n) is 4.41. The number of hydrogen-bond donors (Lipinski definition) is 1. The molecule has 1 aliphatic heterocycles. The van der Waals surface area contributed by atoms with Crippen molar-refractivity contribution in [2.45, 2.75) is 12.5 Å². The second kappa shape index (κ2) is 9.94. The molecule has 1 atom stereocenters. The number of morpholine rings is 1. The first-order valence-electron chi connectivity index (χ1n) is 9.17. The van der Waals surface area contributed by atoms with Gasteiger partial charge in [-0.05, 0) is 29.8 Å². The highest BCUT2D eigenvalue weighted by molar-refractivity contribution is 5.66. The molecule has 2 aromatic carbocycles. The molecule has 27 heavy (non-hydrogen) atoms. The zero-order valence-corrected chi connectivity index (χ0v) is 15.3. The molecule has 1 unspecified atom stereocenters. The van der Waals surface area contributed by atoms with Crippen molar-refractivity contribution in [2.24, 2.45) is 0 Å². The number of carboxylic acid groups (broad SMARTS) is 1. The highest BCUT2D eigenvalue weighted by Crippen LogP contribution is 2.24. The Bertz CT molecular complexity index is 704. The van der Waals surface area contributed by atoms with Crippen molar-refractivity contribution in [3.05, 3.63) is 60.2 Å². The van der Waals surface area contributed by atoms with Crippen molar-refractivity contribution in [3.63, 3.8) is 0 Å². The lowest BCUT2D eigenvalue weighted by atomic mass is 10.1. The van der Waals surface area contributed by atoms with Gasteiger partial charge >= 0.3 is 5.97 Å². The first-order chi connectivity index (χ1) is 13.2. The van der Waals surface area contributed by atoms with Crippen LogP contribution in [0.4, 0.5) is 0 Å². The molecule has 6 heteroatoms. The zero-order valence-electron chi connectivity index (χ0n) is 15.3. The number of carboxylic acids is 1. The van der Waals surface area contributed by atoms with E-state index >= 15 is 0 Å². The van der Waals surface area contributed by atoms with E-state index in [1.807, 2.05) is 54.6 Å². The topological polar surface area (TPSA) is 68.2 Å². The van der Waals surface area contributed by atoms with Crippen LogP contribution in [0.2, 0.25) is 0 Å². The zero-order chi connectivity index (χ0) is 18.9. The van der Waals surface area contributed by atoms with Gasteiger partial charge in [0.15, 0.2) is 0 Å². The van der Waals surface area contributed by atoms with Crippen LogP contribution in [0.1, 0.15) is 18.1 Å². The molecule has 0 amide bonds. The van der Waals surface area contributed by atoms with E-state index in [-0.39, 0.29) is 12.5 Å². The molecule has 1 saturated heterocycles. The van der Waals surface area contributed by atoms with Crippen LogP contribution in [-0.2, 0) is 9.53 Å². The van der Waals surface area contributed by atoms with E-state index in [1.165, 1.54) is 0 Å². The van der Waals surface area contributed by atoms with Crippen LogP contribution in [0, 0.1) is 0 Å². The SMILES string of the molecule is O=C(O)CCN1CCOC(c2ccc(OCCOc3ccccc3)cc2)C1. The van der Waals surface area contributed by atoms with Gasteiger partial charge in [0.2, 0.25) is 0 Å². The summed E-state index contributed by atoms with van der Waals surface area (Å²) in [5.74, 6) is 0.850. The number of nitrogens with zero attached hydrogens (tertiary/aromatic N) is 1. The van der Waals surface area contributed by atoms with Gasteiger partial charge in [-0.1, -0.05) is 30.3 Å². The molecule has 144 valence electrons. The normalized spacial score (nSPS) is 17.4. The van der Waals surface area contributed by atoms with E-state index in [0.717, 1.165) is 23.6 Å². The molecular weight excluding hydrogens is 346 g/mol. The van der Waals surface area contributed by atoms with Crippen molar-refractivity contribution in [2.75, 3.05) is 39.5 Å². The first kappa shape index (κ1) is 19.2. The van der Waals surface area contributed by atoms with Crippen LogP contribution in [0.5, 0.6) is 11.5 Å². The van der Waals surface area contributed by atoms with Crippen molar-refractivity contribution in [1.29, 1.82) is 0 Å². The Hall–Kier alpha value is -2.57. The minimum atomic E-state index is -0.768. The lowest BCUT2D eigenvalue weighted by Gasteiger charge is -2.32. The number of ether oxygens (including phenoxy) is 3. The second-order valence-electron chi connectivity index (χ2n) is 6.38. The van der Waals surface area contributed by atoms with Gasteiger partial charge in [0.05, 0.1) is 19.1 Å². The lowest BCUT2D eigenvalue weighted by molar-refractivity contribution is -0.137. The van der Waals surface area contributed by atoms with Crippen LogP contribution in [-0.4, -0.2) is 55.4 Å². The molecule has 1 aliphatic rings. The Morgan fingerprint density at radius 2 is 1.70 bits per heavy atom. The summed E-state index contributed by atoms with van der Waals surface area (Å²) in [7, 11) is 0. The van der Waals surface area contributed by atoms with Crippen LogP contribution < -0.4 is 9.47 Å². The molecule has 0 bridgehead atoms. The molecule has 0 spiro atoms. The predicted molar refractivity (Wildman–Crippen MR) is 101 cm³/mol. The number of hydrogen-bond acceptors (Lipinski definition) is 5. The fourth-order valence-electron chi connectivity index (χ4n) is 2.98. The molecular formula is C21H25NO5. The molecule has 0 saturated carbocycles. The maximum Gasteiger partial charge on any atom is 0.304 e. The number of rotatable bonds is 9. The van der Waals surface area contributed by atoms with Crippen LogP contribution in [0.25, 0.3) is 0 Å². The summed E-state index contributed by atoms with van der Waals surface area (Å²) in [6.45, 7) is 3.59. The standard InChI is InChI=1S/C21H25NO5/c23-21(24)10-11-22-12-13-27-20(16-22)17-6-8-19(9-7-17)26-15-14-25-18-4-2-1-3-5-18/h1-9,20H,10-16H2,(H,23,24). The van der Waals surface area contributed by atoms with Crippen molar-refractivity contribution >= 4 is 5.97 Å². The Balaban J connectivity index is 1.43. The van der Waals surface area contributed by atoms with Crippen molar-refractivity contribution < 1.29 is 24.1 Å². The highest BCUT2D eigenvalue weighted by atomic mass is 16.5. The minimum Gasteiger partial charge on any atom is -0.490 e. The number of carbonyl (C=O) groups is 1. The molecule has 1 fully saturated rings. The number of aliphatic carboxylic acids is 1. The minimum absolute atomic E-state index is 0.0389. The van der Waals surface area contributed by atoms with E-state index < -0.39 is 5.97 Å². The quantitative estimate of drug-likeness (QED) is 0.684. The predicted octanol–water partition coefficient (Wildman–Crippen LogP) is 2.99. The summed E-state index contributed by atoms with van der Waals surface area (Å²) >= 11 is 0. The molecule has 6 nitrogen and oxygen atoms in total. The van der Waals surface area contributed by atoms with E-state index in [0.29, 0.717) is 32.9 Å². The van der Waals surface area contributed by atoms with Crippen molar-refractivity contribution in [1.82, 2.24) is 4.90 Å². The molecule has 3 rings (SSSR count). The molecule has 0 aromatic heterocycles. The number of benzene rings is 2. The van der Waals surface area contributed by atoms with Gasteiger partial charge in [-0.25, -0.2) is 0 Å². The third-order valence-corrected chi connectivity index (χ3v) is 4.41. The average Bonchev–Trinajstić information content (AvgIpc) is 2.71. The van der Waals surface area contributed by atoms with E-state index in [4.69, 9.17) is 19.3 Å². The van der Waals surface area contributed by atoms with Crippen LogP contribution in [0.3, 0.4) is 0 Å². The third kappa shape index (κ3) is 6.27. The summed E-state index contributed by atoms with van der Waals surface area (Å²) in [5.41, 5.74) is 1.07. The maximum atomic E-state index is 10.7. The highest BCUT2D eigenvalue weighted by Gasteiger charge is 2.22. The van der Waals surface area contributed by atoms with Crippen molar-refractivity contribution in [3.8, 4) is 11.5 Å². The van der Waals surface area contributed by atoms with E-state index in [1.54, 1.807) is 0 Å². The Morgan fingerprint density at radius 3 is 2.37 bits per heavy atom. The summed E-state index contributed by atoms with van der Waals surface area (Å²) in [5, 5.41) is 8.83. The average molecular weight is 371 g/mol. The van der Waals surface area contributed by atoms with E-state index in [2.05, 4.69) is 4.90 Å². The van der Waals surface area contributed by atoms with Gasteiger partial charge < -0.3 is 19.3 Å². The lowest BCUT2D eigenvalue weighted by Crippen LogP contribution is -2.39. The van der Waals surface area contributed by atoms with Gasteiger partial charge in [-0.3, -0.25) is 9.69 Å². The van der Waals surface area contributed by atoms with Crippen LogP contribution in [0.15, 0.2) is 54.6 Å². The Kier molecular flexibility index (Phi) is 7.07. The van der Waals surface area contributed by atoms with Gasteiger partial charge in [0, 0.05) is 19.6 Å². The molecule has 1 heterocycles. The summed E-state index contributed by atoms with van der Waals surface area (Å²) < 4.78 is 17.2. The molecule has 1 N–H and O–H groups in total. The molecule has 2 aromatic rings. The fraction of sp³-hybridized carbons (Fsp3) is 0.381. The summed E-state index contributed by atoms with van der Waals surface area (Å²) in [6, 6.07) is 17.5. The molecule has 0 aliphatic carbocycles. The Morgan fingerprint density at radius 1 is 1.04 bits per heavy atom. The van der Waals surface area contributed by atoms with E-state index in [9.17, 15) is 4.79 Å². The Labute approximate surface area is 159 Å². The van der Waals surface area contributed by atoms with Gasteiger partial charge in [-0.15, -0.1) is 0 Å². The van der Waals surface area contributed by atoms with Gasteiger partial charge in [0.1, 0.15) is 24.7 Å². The first-order valence-corrected chi connectivity index (χ1v) is 9.17. The monoisotopic (exact) mass is 371 g/mol. The fourth-order valence-corrected chi connectivity index (χ4v) is 2.98. The molecule has 0 radical (unpaired) electrons. The largest absolute Gasteiger partial charge is 0.490 e. The maximum absolute atomic E-state index is 10.7. The summed E-state index contributed by atoms with van der Waals surface area (Å²) in [4.78, 5) is 12.9. The van der Waals surface area contributed by atoms with Gasteiger partial charge in [-0.2, -0.15) is 0 Å². The van der Waals surface area contributed by atoms with Gasteiger partial charge in [0.25, 0.3) is 0 Å².